The molecule has 1 saturated heterocycles. The van der Waals surface area contributed by atoms with E-state index in [1.54, 1.807) is 0 Å². The van der Waals surface area contributed by atoms with E-state index in [9.17, 15) is 19.2 Å². The fourth-order valence-corrected chi connectivity index (χ4v) is 6.61. The molecule has 3 atom stereocenters. The third kappa shape index (κ3) is 13.7. The highest BCUT2D eigenvalue weighted by molar-refractivity contribution is 7.59. The number of aromatic amines is 1. The largest absolute Gasteiger partial charge is 0.375 e. The third-order valence-corrected chi connectivity index (χ3v) is 9.46. The van der Waals surface area contributed by atoms with Crippen LogP contribution in [0.1, 0.15) is 61.6 Å². The van der Waals surface area contributed by atoms with Crippen LogP contribution in [-0.4, -0.2) is 77.9 Å². The summed E-state index contributed by atoms with van der Waals surface area (Å²) >= 11 is 0. The molecule has 1 aromatic heterocycles. The van der Waals surface area contributed by atoms with Gasteiger partial charge in [-0.1, -0.05) is 78.9 Å². The molecule has 11 nitrogen and oxygen atoms in total. The number of unbranched alkanes of at least 4 members (excludes halogenated alkanes) is 1. The lowest BCUT2D eigenvalue weighted by Crippen LogP contribution is -2.57. The number of ether oxygens (including phenoxy) is 1. The molecule has 1 aliphatic rings. The molecule has 3 aromatic carbocycles. The molecular weight excluding hydrogens is 741 g/mol. The average molecular weight is 797 g/mol. The van der Waals surface area contributed by atoms with Crippen molar-refractivity contribution in [1.29, 1.82) is 0 Å². The van der Waals surface area contributed by atoms with E-state index in [2.05, 4.69) is 33.1 Å². The zero-order chi connectivity index (χ0) is 36.0. The number of fused-ring (bicyclic) bond motifs is 1. The molecule has 1 fully saturated rings. The third-order valence-electron chi connectivity index (χ3n) is 9.46. The molecule has 0 bridgehead atoms. The Balaban J connectivity index is 0.00000336. The van der Waals surface area contributed by atoms with Gasteiger partial charge in [0.2, 0.25) is 23.6 Å². The summed E-state index contributed by atoms with van der Waals surface area (Å²) in [5.74, 6) is -0.896. The molecule has 5 rings (SSSR count). The maximum absolute atomic E-state index is 14.2. The van der Waals surface area contributed by atoms with Crippen molar-refractivity contribution in [3.05, 3.63) is 108 Å². The van der Waals surface area contributed by atoms with Gasteiger partial charge in [-0.15, -0.1) is 0 Å². The zero-order valence-corrected chi connectivity index (χ0v) is 33.8. The highest BCUT2D eigenvalue weighted by Crippen LogP contribution is 2.28. The lowest BCUT2D eigenvalue weighted by molar-refractivity contribution is -0.138. The van der Waals surface area contributed by atoms with Crippen LogP contribution in [0.2, 0.25) is 0 Å². The number of aromatic nitrogens is 1. The number of nitrogens with two attached hydrogens (primary N) is 1. The lowest BCUT2D eigenvalue weighted by Gasteiger charge is -2.35. The second-order valence-corrected chi connectivity index (χ2v) is 13.3. The van der Waals surface area contributed by atoms with Crippen molar-refractivity contribution in [2.75, 3.05) is 26.2 Å². The molecule has 14 heteroatoms. The molecule has 1 aliphatic heterocycles. The van der Waals surface area contributed by atoms with E-state index >= 15 is 0 Å². The quantitative estimate of drug-likeness (QED) is 0.101. The summed E-state index contributed by atoms with van der Waals surface area (Å²) < 4.78 is 5.69. The van der Waals surface area contributed by atoms with Crippen molar-refractivity contribution in [2.24, 2.45) is 5.73 Å². The first kappa shape index (κ1) is 46.2. The predicted octanol–water partition coefficient (Wildman–Crippen LogP) is 4.28. The fraction of sp³-hybridized carbons (Fsp3) is 0.400. The Morgan fingerprint density at radius 2 is 1.46 bits per heavy atom. The summed E-state index contributed by atoms with van der Waals surface area (Å²) in [6.07, 6.45) is 5.29. The number of hydrogen-bond donors (Lipinski definition) is 5. The molecule has 294 valence electrons. The van der Waals surface area contributed by atoms with E-state index in [-0.39, 0.29) is 65.3 Å². The highest BCUT2D eigenvalue weighted by Gasteiger charge is 2.33. The standard InChI is InChI=1S/C40H50N6O5.3H2S/c1-28(47)42-21-11-10-18-36(44-38(48)34(41)27-51-26-29-12-4-2-5-13-29)39(49)45-37(24-32-25-43-35-17-9-8-16-33(32)35)40(50)46-22-19-31(20-23-46)30-14-6-3-7-15-30;;;/h2-9,12-17,25,31,34,36-37,43H,10-11,18-24,26-27,41H2,1H3,(H,42,47)(H,44,48)(H,45,49);3*1H2/t34-,36-,37-;;;/m0.../s1. The maximum Gasteiger partial charge on any atom is 0.245 e. The first-order chi connectivity index (χ1) is 24.8. The SMILES string of the molecule is CC(=O)NCCCC[C@H](NC(=O)[C@@H](N)COCc1ccccc1)C(=O)N[C@@H](Cc1c[nH]c2ccccc12)C(=O)N1CCC(c2ccccc2)CC1.S.S.S. The highest BCUT2D eigenvalue weighted by atomic mass is 32.1. The summed E-state index contributed by atoms with van der Waals surface area (Å²) in [5.41, 5.74) is 10.3. The van der Waals surface area contributed by atoms with Crippen LogP contribution in [0.5, 0.6) is 0 Å². The van der Waals surface area contributed by atoms with Crippen LogP contribution in [0, 0.1) is 0 Å². The van der Waals surface area contributed by atoms with Gasteiger partial charge < -0.3 is 36.3 Å². The molecule has 4 amide bonds. The Kier molecular flexibility index (Phi) is 20.3. The molecule has 0 unspecified atom stereocenters. The maximum atomic E-state index is 14.2. The molecule has 2 heterocycles. The Bertz CT molecular complexity index is 1740. The van der Waals surface area contributed by atoms with Crippen molar-refractivity contribution in [1.82, 2.24) is 25.8 Å². The van der Waals surface area contributed by atoms with Crippen LogP contribution in [0.4, 0.5) is 0 Å². The Morgan fingerprint density at radius 3 is 2.15 bits per heavy atom. The van der Waals surface area contributed by atoms with Gasteiger partial charge in [-0.25, -0.2) is 0 Å². The molecule has 6 N–H and O–H groups in total. The average Bonchev–Trinajstić information content (AvgIpc) is 3.56. The Morgan fingerprint density at radius 1 is 0.833 bits per heavy atom. The summed E-state index contributed by atoms with van der Waals surface area (Å²) in [6.45, 7) is 3.34. The first-order valence-electron chi connectivity index (χ1n) is 17.9. The van der Waals surface area contributed by atoms with Crippen molar-refractivity contribution in [3.8, 4) is 0 Å². The van der Waals surface area contributed by atoms with Gasteiger partial charge in [0.05, 0.1) is 13.2 Å². The van der Waals surface area contributed by atoms with E-state index in [1.807, 2.05) is 83.9 Å². The van der Waals surface area contributed by atoms with Crippen LogP contribution in [0.3, 0.4) is 0 Å². The minimum atomic E-state index is -1.00. The van der Waals surface area contributed by atoms with Crippen LogP contribution in [0.15, 0.2) is 91.1 Å². The molecular formula is C40H56N6O5S3. The smallest absolute Gasteiger partial charge is 0.245 e. The number of rotatable bonds is 17. The number of carbonyl (C=O) groups is 4. The van der Waals surface area contributed by atoms with E-state index in [1.165, 1.54) is 12.5 Å². The van der Waals surface area contributed by atoms with Gasteiger partial charge in [-0.05, 0) is 60.8 Å². The number of para-hydroxylation sites is 1. The zero-order valence-electron chi connectivity index (χ0n) is 30.8. The van der Waals surface area contributed by atoms with E-state index in [0.717, 1.165) is 34.9 Å². The first-order valence-corrected chi connectivity index (χ1v) is 17.9. The van der Waals surface area contributed by atoms with Crippen LogP contribution < -0.4 is 21.7 Å². The Labute approximate surface area is 339 Å². The number of benzene rings is 3. The van der Waals surface area contributed by atoms with Crippen LogP contribution in [0.25, 0.3) is 10.9 Å². The van der Waals surface area contributed by atoms with Gasteiger partial charge in [0.1, 0.15) is 18.1 Å². The minimum Gasteiger partial charge on any atom is -0.375 e. The molecule has 0 radical (unpaired) electrons. The Hall–Kier alpha value is -3.95. The predicted molar refractivity (Wildman–Crippen MR) is 229 cm³/mol. The molecule has 0 spiro atoms. The second kappa shape index (κ2) is 23.8. The molecule has 4 aromatic rings. The summed E-state index contributed by atoms with van der Waals surface area (Å²) in [5, 5.41) is 9.60. The van der Waals surface area contributed by atoms with Gasteiger partial charge in [-0.3, -0.25) is 19.2 Å². The van der Waals surface area contributed by atoms with E-state index in [4.69, 9.17) is 10.5 Å². The van der Waals surface area contributed by atoms with Crippen molar-refractivity contribution in [2.45, 2.75) is 76.1 Å². The molecule has 54 heavy (non-hydrogen) atoms. The number of hydrogen-bond acceptors (Lipinski definition) is 6. The van der Waals surface area contributed by atoms with E-state index < -0.39 is 29.9 Å². The number of amides is 4. The van der Waals surface area contributed by atoms with Gasteiger partial charge in [0, 0.05) is 50.1 Å². The van der Waals surface area contributed by atoms with E-state index in [0.29, 0.717) is 51.4 Å². The van der Waals surface area contributed by atoms with Gasteiger partial charge >= 0.3 is 0 Å². The van der Waals surface area contributed by atoms with Crippen molar-refractivity contribution < 1.29 is 23.9 Å². The van der Waals surface area contributed by atoms with Gasteiger partial charge in [0.25, 0.3) is 0 Å². The fourth-order valence-electron chi connectivity index (χ4n) is 6.61. The second-order valence-electron chi connectivity index (χ2n) is 13.3. The summed E-state index contributed by atoms with van der Waals surface area (Å²) in [6, 6.07) is 25.0. The van der Waals surface area contributed by atoms with Crippen LogP contribution in [-0.2, 0) is 36.9 Å². The summed E-state index contributed by atoms with van der Waals surface area (Å²) in [4.78, 5) is 58.0. The molecule has 0 saturated carbocycles. The minimum absolute atomic E-state index is 0. The summed E-state index contributed by atoms with van der Waals surface area (Å²) in [7, 11) is 0. The topological polar surface area (TPSA) is 159 Å². The number of carbonyl (C=O) groups excluding carboxylic acids is 4. The van der Waals surface area contributed by atoms with Crippen LogP contribution >= 0.6 is 40.5 Å². The van der Waals surface area contributed by atoms with Crippen molar-refractivity contribution in [3.63, 3.8) is 0 Å². The number of nitrogens with one attached hydrogen (secondary N) is 4. The van der Waals surface area contributed by atoms with Gasteiger partial charge in [0.15, 0.2) is 0 Å². The number of nitrogens with zero attached hydrogens (tertiary/aromatic N) is 1. The normalized spacial score (nSPS) is 14.3. The lowest BCUT2D eigenvalue weighted by atomic mass is 9.89. The monoisotopic (exact) mass is 796 g/mol. The van der Waals surface area contributed by atoms with Crippen molar-refractivity contribution >= 4 is 75.0 Å². The van der Waals surface area contributed by atoms with Gasteiger partial charge in [-0.2, -0.15) is 40.5 Å². The molecule has 0 aliphatic carbocycles. The number of likely N-dealkylation sites (tertiary alicyclic amines) is 1. The number of piperidine rings is 1. The number of H-pyrrole nitrogens is 1.